The van der Waals surface area contributed by atoms with Crippen molar-refractivity contribution in [2.75, 3.05) is 13.1 Å². The van der Waals surface area contributed by atoms with Crippen LogP contribution in [0.15, 0.2) is 30.3 Å². The van der Waals surface area contributed by atoms with Crippen molar-refractivity contribution in [1.82, 2.24) is 10.6 Å². The van der Waals surface area contributed by atoms with Crippen molar-refractivity contribution in [3.8, 4) is 0 Å². The topological polar surface area (TPSA) is 75.3 Å². The van der Waals surface area contributed by atoms with Crippen LogP contribution >= 0.6 is 0 Å². The number of nitrogens with one attached hydrogen (secondary N) is 2. The number of amides is 2. The van der Waals surface area contributed by atoms with Gasteiger partial charge in [-0.1, -0.05) is 30.3 Å². The van der Waals surface area contributed by atoms with Gasteiger partial charge in [0.15, 0.2) is 5.78 Å². The van der Waals surface area contributed by atoms with E-state index in [-0.39, 0.29) is 24.5 Å². The van der Waals surface area contributed by atoms with E-state index in [2.05, 4.69) is 10.6 Å². The van der Waals surface area contributed by atoms with Gasteiger partial charge in [0.05, 0.1) is 0 Å². The standard InChI is InChI=1S/C14H18N2O3/c17-11-15-9-4-10-16-14(19)8-7-13(18)12-5-2-1-3-6-12/h1-3,5-6,11H,4,7-10H2,(H,15,17)(H,16,19). The Hall–Kier alpha value is -2.17. The van der Waals surface area contributed by atoms with Crippen LogP contribution in [-0.4, -0.2) is 31.2 Å². The third-order valence-corrected chi connectivity index (χ3v) is 2.58. The van der Waals surface area contributed by atoms with Gasteiger partial charge >= 0.3 is 0 Å². The molecule has 0 atom stereocenters. The minimum absolute atomic E-state index is 0.0293. The quantitative estimate of drug-likeness (QED) is 0.394. The van der Waals surface area contributed by atoms with Crippen molar-refractivity contribution >= 4 is 18.1 Å². The molecule has 0 aliphatic rings. The Bertz CT molecular complexity index is 418. The van der Waals surface area contributed by atoms with E-state index in [0.29, 0.717) is 31.5 Å². The van der Waals surface area contributed by atoms with E-state index in [1.54, 1.807) is 24.3 Å². The Balaban J connectivity index is 2.16. The maximum atomic E-state index is 11.7. The predicted molar refractivity (Wildman–Crippen MR) is 71.7 cm³/mol. The molecule has 0 aliphatic carbocycles. The van der Waals surface area contributed by atoms with Gasteiger partial charge in [-0.2, -0.15) is 0 Å². The summed E-state index contributed by atoms with van der Waals surface area (Å²) in [6.45, 7) is 1.03. The van der Waals surface area contributed by atoms with Gasteiger partial charge in [0, 0.05) is 31.5 Å². The first-order valence-electron chi connectivity index (χ1n) is 6.26. The number of hydrogen-bond donors (Lipinski definition) is 2. The van der Waals surface area contributed by atoms with Crippen molar-refractivity contribution in [3.05, 3.63) is 35.9 Å². The maximum Gasteiger partial charge on any atom is 0.220 e. The second-order valence-electron chi connectivity index (χ2n) is 4.06. The number of hydrogen-bond acceptors (Lipinski definition) is 3. The first-order chi connectivity index (χ1) is 9.24. The molecule has 102 valence electrons. The highest BCUT2D eigenvalue weighted by molar-refractivity contribution is 5.97. The second kappa shape index (κ2) is 8.85. The van der Waals surface area contributed by atoms with Gasteiger partial charge in [-0.15, -0.1) is 0 Å². The molecule has 1 aromatic carbocycles. The molecule has 0 bridgehead atoms. The molecule has 1 aromatic rings. The SMILES string of the molecule is O=CNCCCNC(=O)CCC(=O)c1ccccc1. The number of carbonyl (C=O) groups excluding carboxylic acids is 3. The predicted octanol–water partition coefficient (Wildman–Crippen LogP) is 0.902. The van der Waals surface area contributed by atoms with Crippen molar-refractivity contribution < 1.29 is 14.4 Å². The third kappa shape index (κ3) is 6.35. The third-order valence-electron chi connectivity index (χ3n) is 2.58. The average Bonchev–Trinajstić information content (AvgIpc) is 2.45. The molecule has 1 rings (SSSR count). The summed E-state index contributed by atoms with van der Waals surface area (Å²) in [4.78, 5) is 33.2. The van der Waals surface area contributed by atoms with Gasteiger partial charge in [0.1, 0.15) is 0 Å². The average molecular weight is 262 g/mol. The lowest BCUT2D eigenvalue weighted by Gasteiger charge is -2.04. The highest BCUT2D eigenvalue weighted by Crippen LogP contribution is 2.04. The van der Waals surface area contributed by atoms with Crippen LogP contribution in [0.4, 0.5) is 0 Å². The van der Waals surface area contributed by atoms with E-state index in [1.165, 1.54) is 0 Å². The van der Waals surface area contributed by atoms with Crippen LogP contribution in [0.5, 0.6) is 0 Å². The zero-order valence-corrected chi connectivity index (χ0v) is 10.7. The molecule has 0 radical (unpaired) electrons. The highest BCUT2D eigenvalue weighted by atomic mass is 16.2. The Kier molecular flexibility index (Phi) is 6.94. The number of benzene rings is 1. The summed E-state index contributed by atoms with van der Waals surface area (Å²) < 4.78 is 0. The van der Waals surface area contributed by atoms with Gasteiger partial charge < -0.3 is 10.6 Å². The maximum absolute atomic E-state index is 11.7. The van der Waals surface area contributed by atoms with Crippen molar-refractivity contribution in [2.45, 2.75) is 19.3 Å². The molecular formula is C14H18N2O3. The lowest BCUT2D eigenvalue weighted by Crippen LogP contribution is -2.27. The van der Waals surface area contributed by atoms with Crippen LogP contribution in [0.25, 0.3) is 0 Å². The molecule has 0 aliphatic heterocycles. The van der Waals surface area contributed by atoms with E-state index in [4.69, 9.17) is 0 Å². The molecule has 0 spiro atoms. The van der Waals surface area contributed by atoms with Gasteiger partial charge in [-0.3, -0.25) is 14.4 Å². The minimum Gasteiger partial charge on any atom is -0.359 e. The lowest BCUT2D eigenvalue weighted by atomic mass is 10.1. The summed E-state index contributed by atoms with van der Waals surface area (Å²) >= 11 is 0. The summed E-state index contributed by atoms with van der Waals surface area (Å²) in [5.74, 6) is -0.172. The number of rotatable bonds is 9. The van der Waals surface area contributed by atoms with Crippen LogP contribution in [0.1, 0.15) is 29.6 Å². The molecule has 2 amide bonds. The summed E-state index contributed by atoms with van der Waals surface area (Å²) in [6.07, 6.45) is 1.70. The second-order valence-corrected chi connectivity index (χ2v) is 4.06. The van der Waals surface area contributed by atoms with Crippen LogP contribution < -0.4 is 10.6 Å². The van der Waals surface area contributed by atoms with E-state index in [0.717, 1.165) is 0 Å². The summed E-state index contributed by atoms with van der Waals surface area (Å²) in [7, 11) is 0. The Morgan fingerprint density at radius 3 is 2.47 bits per heavy atom. The molecule has 0 saturated carbocycles. The fourth-order valence-corrected chi connectivity index (χ4v) is 1.56. The first-order valence-corrected chi connectivity index (χ1v) is 6.26. The van der Waals surface area contributed by atoms with Gasteiger partial charge in [0.25, 0.3) is 0 Å². The lowest BCUT2D eigenvalue weighted by molar-refractivity contribution is -0.121. The molecule has 2 N–H and O–H groups in total. The van der Waals surface area contributed by atoms with Crippen LogP contribution in [0.3, 0.4) is 0 Å². The molecule has 0 fully saturated rings. The molecule has 5 heteroatoms. The molecule has 5 nitrogen and oxygen atoms in total. The zero-order valence-electron chi connectivity index (χ0n) is 10.7. The van der Waals surface area contributed by atoms with Crippen LogP contribution in [0, 0.1) is 0 Å². The molecule has 0 aromatic heterocycles. The molecule has 0 unspecified atom stereocenters. The van der Waals surface area contributed by atoms with Crippen molar-refractivity contribution in [2.24, 2.45) is 0 Å². The smallest absolute Gasteiger partial charge is 0.220 e. The number of Topliss-reactive ketones (excluding diaryl/α,β-unsaturated/α-hetero) is 1. The van der Waals surface area contributed by atoms with E-state index < -0.39 is 0 Å². The molecular weight excluding hydrogens is 244 g/mol. The molecule has 19 heavy (non-hydrogen) atoms. The van der Waals surface area contributed by atoms with Crippen molar-refractivity contribution in [3.63, 3.8) is 0 Å². The highest BCUT2D eigenvalue weighted by Gasteiger charge is 2.08. The fraction of sp³-hybridized carbons (Fsp3) is 0.357. The fourth-order valence-electron chi connectivity index (χ4n) is 1.56. The molecule has 0 heterocycles. The number of carbonyl (C=O) groups is 3. The normalized spacial score (nSPS) is 9.68. The summed E-state index contributed by atoms with van der Waals surface area (Å²) in [6, 6.07) is 8.92. The van der Waals surface area contributed by atoms with Gasteiger partial charge in [0.2, 0.25) is 12.3 Å². The zero-order chi connectivity index (χ0) is 13.9. The Labute approximate surface area is 112 Å². The summed E-state index contributed by atoms with van der Waals surface area (Å²) in [5, 5.41) is 5.21. The van der Waals surface area contributed by atoms with E-state index in [9.17, 15) is 14.4 Å². The Morgan fingerprint density at radius 2 is 1.79 bits per heavy atom. The number of ketones is 1. The Morgan fingerprint density at radius 1 is 1.05 bits per heavy atom. The summed E-state index contributed by atoms with van der Waals surface area (Å²) in [5.41, 5.74) is 0.630. The largest absolute Gasteiger partial charge is 0.359 e. The van der Waals surface area contributed by atoms with Crippen LogP contribution in [0.2, 0.25) is 0 Å². The van der Waals surface area contributed by atoms with Crippen LogP contribution in [-0.2, 0) is 9.59 Å². The van der Waals surface area contributed by atoms with Gasteiger partial charge in [-0.05, 0) is 6.42 Å². The first kappa shape index (κ1) is 14.9. The van der Waals surface area contributed by atoms with E-state index in [1.807, 2.05) is 6.07 Å². The van der Waals surface area contributed by atoms with E-state index >= 15 is 0 Å². The molecule has 0 saturated heterocycles. The van der Waals surface area contributed by atoms with Gasteiger partial charge in [-0.25, -0.2) is 0 Å². The minimum atomic E-state index is -0.143. The monoisotopic (exact) mass is 262 g/mol. The van der Waals surface area contributed by atoms with Crippen molar-refractivity contribution in [1.29, 1.82) is 0 Å².